The highest BCUT2D eigenvalue weighted by Crippen LogP contribution is 2.10. The maximum Gasteiger partial charge on any atom is 0.162 e. The average Bonchev–Trinajstić information content (AvgIpc) is 2.42. The van der Waals surface area contributed by atoms with E-state index >= 15 is 0 Å². The summed E-state index contributed by atoms with van der Waals surface area (Å²) in [4.78, 5) is 14.3. The summed E-state index contributed by atoms with van der Waals surface area (Å²) in [6.07, 6.45) is 3.77. The molecule has 1 heterocycles. The van der Waals surface area contributed by atoms with Crippen molar-refractivity contribution >= 4 is 5.78 Å². The van der Waals surface area contributed by atoms with Gasteiger partial charge in [0.15, 0.2) is 5.78 Å². The summed E-state index contributed by atoms with van der Waals surface area (Å²) in [6.45, 7) is 3.19. The average molecular weight is 246 g/mol. The van der Waals surface area contributed by atoms with Crippen LogP contribution in [0.25, 0.3) is 0 Å². The van der Waals surface area contributed by atoms with E-state index in [1.54, 1.807) is 0 Å². The van der Waals surface area contributed by atoms with Crippen LogP contribution in [0.15, 0.2) is 30.3 Å². The van der Waals surface area contributed by atoms with Crippen LogP contribution in [0.1, 0.15) is 36.0 Å². The van der Waals surface area contributed by atoms with Gasteiger partial charge in [-0.15, -0.1) is 0 Å². The van der Waals surface area contributed by atoms with Gasteiger partial charge in [-0.2, -0.15) is 0 Å². The van der Waals surface area contributed by atoms with Crippen LogP contribution in [-0.4, -0.2) is 36.4 Å². The number of Topliss-reactive ketones (excluding diaryl/α,β-unsaturated/α-hetero) is 1. The molecule has 1 aliphatic rings. The number of benzene rings is 1. The van der Waals surface area contributed by atoms with Gasteiger partial charge in [-0.3, -0.25) is 4.79 Å². The summed E-state index contributed by atoms with van der Waals surface area (Å²) in [6, 6.07) is 9.93. The lowest BCUT2D eigenvalue weighted by molar-refractivity contribution is 0.0972. The number of rotatable bonds is 5. The second kappa shape index (κ2) is 6.66. The van der Waals surface area contributed by atoms with Gasteiger partial charge in [0.1, 0.15) is 0 Å². The Morgan fingerprint density at radius 3 is 2.56 bits per heavy atom. The lowest BCUT2D eigenvalue weighted by Gasteiger charge is -2.29. The van der Waals surface area contributed by atoms with Crippen LogP contribution in [0, 0.1) is 0 Å². The first-order valence-corrected chi connectivity index (χ1v) is 6.82. The minimum atomic E-state index is 0.254. The van der Waals surface area contributed by atoms with E-state index in [9.17, 15) is 4.79 Å². The molecule has 18 heavy (non-hydrogen) atoms. The molecule has 0 radical (unpaired) electrons. The minimum Gasteiger partial charge on any atom is -0.328 e. The lowest BCUT2D eigenvalue weighted by atomic mass is 10.0. The molecule has 98 valence electrons. The Kier molecular flexibility index (Phi) is 4.90. The molecule has 1 fully saturated rings. The normalized spacial score (nSPS) is 17.8. The lowest BCUT2D eigenvalue weighted by Crippen LogP contribution is -2.40. The Hall–Kier alpha value is -1.19. The van der Waals surface area contributed by atoms with Crippen molar-refractivity contribution < 1.29 is 4.79 Å². The summed E-state index contributed by atoms with van der Waals surface area (Å²) in [7, 11) is 0. The zero-order valence-corrected chi connectivity index (χ0v) is 10.8. The van der Waals surface area contributed by atoms with Gasteiger partial charge in [-0.1, -0.05) is 30.3 Å². The van der Waals surface area contributed by atoms with Gasteiger partial charge < -0.3 is 10.6 Å². The van der Waals surface area contributed by atoms with Crippen molar-refractivity contribution in [2.45, 2.75) is 31.7 Å². The van der Waals surface area contributed by atoms with Gasteiger partial charge in [0, 0.05) is 18.0 Å². The number of ketones is 1. The third-order valence-corrected chi connectivity index (χ3v) is 3.61. The van der Waals surface area contributed by atoms with Gasteiger partial charge >= 0.3 is 0 Å². The molecule has 1 aliphatic heterocycles. The Bertz CT molecular complexity index is 369. The van der Waals surface area contributed by atoms with Crippen LogP contribution in [-0.2, 0) is 0 Å². The molecule has 2 rings (SSSR count). The summed E-state index contributed by atoms with van der Waals surface area (Å²) in [5.41, 5.74) is 6.70. The molecule has 2 N–H and O–H groups in total. The van der Waals surface area contributed by atoms with E-state index in [2.05, 4.69) is 4.90 Å². The first-order valence-electron chi connectivity index (χ1n) is 6.82. The number of piperidine rings is 1. The molecule has 0 spiro atoms. The quantitative estimate of drug-likeness (QED) is 0.809. The first kappa shape index (κ1) is 13.2. The minimum absolute atomic E-state index is 0.254. The van der Waals surface area contributed by atoms with Crippen LogP contribution in [0.4, 0.5) is 0 Å². The molecule has 0 atom stereocenters. The molecule has 0 aromatic heterocycles. The third-order valence-electron chi connectivity index (χ3n) is 3.61. The molecular formula is C15H22N2O. The van der Waals surface area contributed by atoms with Crippen LogP contribution in [0.3, 0.4) is 0 Å². The van der Waals surface area contributed by atoms with E-state index in [1.165, 1.54) is 0 Å². The maximum atomic E-state index is 11.9. The van der Waals surface area contributed by atoms with Crippen molar-refractivity contribution in [2.75, 3.05) is 19.6 Å². The molecule has 1 aromatic carbocycles. The van der Waals surface area contributed by atoms with Crippen molar-refractivity contribution in [2.24, 2.45) is 5.73 Å². The summed E-state index contributed by atoms with van der Waals surface area (Å²) < 4.78 is 0. The van der Waals surface area contributed by atoms with Crippen molar-refractivity contribution in [3.8, 4) is 0 Å². The van der Waals surface area contributed by atoms with E-state index in [0.29, 0.717) is 12.5 Å². The van der Waals surface area contributed by atoms with E-state index in [1.807, 2.05) is 30.3 Å². The van der Waals surface area contributed by atoms with Crippen LogP contribution >= 0.6 is 0 Å². The fourth-order valence-corrected chi connectivity index (χ4v) is 2.41. The summed E-state index contributed by atoms with van der Waals surface area (Å²) in [5.74, 6) is 0.254. The zero-order chi connectivity index (χ0) is 12.8. The van der Waals surface area contributed by atoms with Crippen molar-refractivity contribution in [1.29, 1.82) is 0 Å². The number of nitrogens with zero attached hydrogens (tertiary/aromatic N) is 1. The fraction of sp³-hybridized carbons (Fsp3) is 0.533. The third kappa shape index (κ3) is 3.93. The first-order chi connectivity index (χ1) is 8.75. The molecule has 0 unspecified atom stereocenters. The molecule has 1 saturated heterocycles. The van der Waals surface area contributed by atoms with E-state index < -0.39 is 0 Å². The van der Waals surface area contributed by atoms with Crippen molar-refractivity contribution in [1.82, 2.24) is 4.90 Å². The Labute approximate surface area is 109 Å². The van der Waals surface area contributed by atoms with Crippen molar-refractivity contribution in [3.63, 3.8) is 0 Å². The largest absolute Gasteiger partial charge is 0.328 e. The molecule has 0 saturated carbocycles. The fourth-order valence-electron chi connectivity index (χ4n) is 2.41. The standard InChI is InChI=1S/C15H22N2O/c16-14-8-11-17(12-9-14)10-4-7-15(18)13-5-2-1-3-6-13/h1-3,5-6,14H,4,7-12,16H2. The molecule has 3 nitrogen and oxygen atoms in total. The smallest absolute Gasteiger partial charge is 0.162 e. The summed E-state index contributed by atoms with van der Waals surface area (Å²) in [5, 5.41) is 0. The predicted octanol–water partition coefficient (Wildman–Crippen LogP) is 2.07. The number of carbonyl (C=O) groups excluding carboxylic acids is 1. The molecule has 0 aliphatic carbocycles. The topological polar surface area (TPSA) is 46.3 Å². The maximum absolute atomic E-state index is 11.9. The molecule has 0 bridgehead atoms. The van der Waals surface area contributed by atoms with E-state index in [4.69, 9.17) is 5.73 Å². The van der Waals surface area contributed by atoms with Gasteiger partial charge in [0.2, 0.25) is 0 Å². The number of nitrogens with two attached hydrogens (primary N) is 1. The van der Waals surface area contributed by atoms with Gasteiger partial charge in [-0.05, 0) is 38.9 Å². The van der Waals surface area contributed by atoms with Crippen LogP contribution in [0.2, 0.25) is 0 Å². The second-order valence-corrected chi connectivity index (χ2v) is 5.07. The molecular weight excluding hydrogens is 224 g/mol. The Balaban J connectivity index is 1.68. The van der Waals surface area contributed by atoms with Gasteiger partial charge in [0.25, 0.3) is 0 Å². The highest BCUT2D eigenvalue weighted by Gasteiger charge is 2.15. The highest BCUT2D eigenvalue weighted by atomic mass is 16.1. The molecule has 3 heteroatoms. The molecule has 0 amide bonds. The monoisotopic (exact) mass is 246 g/mol. The highest BCUT2D eigenvalue weighted by molar-refractivity contribution is 5.95. The van der Waals surface area contributed by atoms with Crippen molar-refractivity contribution in [3.05, 3.63) is 35.9 Å². The van der Waals surface area contributed by atoms with E-state index in [-0.39, 0.29) is 5.78 Å². The number of hydrogen-bond donors (Lipinski definition) is 1. The number of hydrogen-bond acceptors (Lipinski definition) is 3. The van der Waals surface area contributed by atoms with Crippen LogP contribution in [0.5, 0.6) is 0 Å². The van der Waals surface area contributed by atoms with Gasteiger partial charge in [0.05, 0.1) is 0 Å². The SMILES string of the molecule is NC1CCN(CCCC(=O)c2ccccc2)CC1. The second-order valence-electron chi connectivity index (χ2n) is 5.07. The Morgan fingerprint density at radius 2 is 1.89 bits per heavy atom. The van der Waals surface area contributed by atoms with Crippen LogP contribution < -0.4 is 5.73 Å². The van der Waals surface area contributed by atoms with Gasteiger partial charge in [-0.25, -0.2) is 0 Å². The summed E-state index contributed by atoms with van der Waals surface area (Å²) >= 11 is 0. The Morgan fingerprint density at radius 1 is 1.22 bits per heavy atom. The van der Waals surface area contributed by atoms with E-state index in [0.717, 1.165) is 44.5 Å². The zero-order valence-electron chi connectivity index (χ0n) is 10.8. The number of carbonyl (C=O) groups is 1. The predicted molar refractivity (Wildman–Crippen MR) is 73.7 cm³/mol. The number of likely N-dealkylation sites (tertiary alicyclic amines) is 1. The molecule has 1 aromatic rings.